The maximum atomic E-state index is 10.6. The number of benzene rings is 2. The average molecular weight is 302 g/mol. The van der Waals surface area contributed by atoms with E-state index in [1.165, 1.54) is 24.3 Å². The Bertz CT molecular complexity index is 611. The Labute approximate surface area is 126 Å². The summed E-state index contributed by atoms with van der Waals surface area (Å²) in [5.41, 5.74) is 1.52. The molecule has 114 valence electrons. The molecule has 0 aromatic heterocycles. The molecule has 8 heteroatoms. The highest BCUT2D eigenvalue weighted by Gasteiger charge is 2.07. The van der Waals surface area contributed by atoms with Gasteiger partial charge < -0.3 is 10.6 Å². The maximum absolute atomic E-state index is 10.6. The molecule has 0 amide bonds. The molecule has 2 aromatic rings. The molecule has 0 spiro atoms. The Balaban J connectivity index is 1.95. The predicted molar refractivity (Wildman–Crippen MR) is 82.9 cm³/mol. The molecule has 0 radical (unpaired) electrons. The van der Waals surface area contributed by atoms with Crippen molar-refractivity contribution in [2.75, 3.05) is 10.6 Å². The molecule has 22 heavy (non-hydrogen) atoms. The van der Waals surface area contributed by atoms with Crippen LogP contribution in [0.5, 0.6) is 0 Å². The molecule has 0 saturated carbocycles. The smallest absolute Gasteiger partial charge is 0.269 e. The lowest BCUT2D eigenvalue weighted by atomic mass is 10.2. The molecular weight excluding hydrogens is 288 g/mol. The highest BCUT2D eigenvalue weighted by Crippen LogP contribution is 2.18. The molecule has 0 saturated heterocycles. The highest BCUT2D eigenvalue weighted by molar-refractivity contribution is 5.53. The first-order valence-corrected chi connectivity index (χ1v) is 6.47. The third-order valence-electron chi connectivity index (χ3n) is 2.92. The summed E-state index contributed by atoms with van der Waals surface area (Å²) in [6, 6.07) is 12.1. The van der Waals surface area contributed by atoms with Crippen LogP contribution in [0.3, 0.4) is 0 Å². The number of nitro benzene ring substituents is 2. The van der Waals surface area contributed by atoms with Gasteiger partial charge in [-0.3, -0.25) is 20.2 Å². The lowest BCUT2D eigenvalue weighted by Crippen LogP contribution is -2.24. The van der Waals surface area contributed by atoms with Gasteiger partial charge in [0.2, 0.25) is 0 Å². The second-order valence-electron chi connectivity index (χ2n) is 4.62. The summed E-state index contributed by atoms with van der Waals surface area (Å²) in [7, 11) is 0. The van der Waals surface area contributed by atoms with Gasteiger partial charge in [0, 0.05) is 35.6 Å². The van der Waals surface area contributed by atoms with Gasteiger partial charge in [-0.2, -0.15) is 0 Å². The molecule has 0 unspecified atom stereocenters. The van der Waals surface area contributed by atoms with Gasteiger partial charge in [0.25, 0.3) is 11.4 Å². The maximum Gasteiger partial charge on any atom is 0.269 e. The number of rotatable bonds is 6. The van der Waals surface area contributed by atoms with Crippen molar-refractivity contribution in [3.8, 4) is 0 Å². The molecule has 0 aliphatic carbocycles. The van der Waals surface area contributed by atoms with E-state index in [1.807, 2.05) is 6.92 Å². The molecule has 2 N–H and O–H groups in total. The molecule has 0 fully saturated rings. The van der Waals surface area contributed by atoms with E-state index in [1.54, 1.807) is 24.3 Å². The van der Waals surface area contributed by atoms with Gasteiger partial charge in [0.15, 0.2) is 0 Å². The zero-order valence-electron chi connectivity index (χ0n) is 11.7. The third kappa shape index (κ3) is 3.92. The summed E-state index contributed by atoms with van der Waals surface area (Å²) in [6.07, 6.45) is -0.164. The van der Waals surface area contributed by atoms with Crippen molar-refractivity contribution in [2.24, 2.45) is 0 Å². The molecule has 0 aliphatic heterocycles. The second kappa shape index (κ2) is 6.53. The van der Waals surface area contributed by atoms with Gasteiger partial charge in [-0.1, -0.05) is 0 Å². The van der Waals surface area contributed by atoms with Crippen LogP contribution in [-0.4, -0.2) is 16.0 Å². The minimum atomic E-state index is -0.456. The van der Waals surface area contributed by atoms with Crippen LogP contribution in [0.4, 0.5) is 22.7 Å². The van der Waals surface area contributed by atoms with Gasteiger partial charge in [0.1, 0.15) is 0 Å². The van der Waals surface area contributed by atoms with Gasteiger partial charge in [0.05, 0.1) is 16.0 Å². The topological polar surface area (TPSA) is 110 Å². The van der Waals surface area contributed by atoms with E-state index in [9.17, 15) is 20.2 Å². The summed E-state index contributed by atoms with van der Waals surface area (Å²) in [6.45, 7) is 1.86. The largest absolute Gasteiger partial charge is 0.366 e. The number of nitro groups is 2. The zero-order valence-corrected chi connectivity index (χ0v) is 11.7. The van der Waals surface area contributed by atoms with Crippen LogP contribution in [0.1, 0.15) is 6.92 Å². The van der Waals surface area contributed by atoms with Crippen molar-refractivity contribution >= 4 is 22.7 Å². The molecular formula is C14H14N4O4. The van der Waals surface area contributed by atoms with Crippen LogP contribution in [0.2, 0.25) is 0 Å². The number of anilines is 2. The monoisotopic (exact) mass is 302 g/mol. The van der Waals surface area contributed by atoms with E-state index < -0.39 is 9.85 Å². The van der Waals surface area contributed by atoms with Crippen molar-refractivity contribution in [1.29, 1.82) is 0 Å². The van der Waals surface area contributed by atoms with Crippen molar-refractivity contribution in [2.45, 2.75) is 13.1 Å². The van der Waals surface area contributed by atoms with Crippen molar-refractivity contribution < 1.29 is 9.85 Å². The number of hydrogen-bond acceptors (Lipinski definition) is 6. The highest BCUT2D eigenvalue weighted by atomic mass is 16.6. The SMILES string of the molecule is CC(Nc1ccc([N+](=O)[O-])cc1)Nc1ccc([N+](=O)[O-])cc1. The molecule has 0 atom stereocenters. The average Bonchev–Trinajstić information content (AvgIpc) is 2.48. The normalized spacial score (nSPS) is 10.3. The van der Waals surface area contributed by atoms with E-state index in [-0.39, 0.29) is 17.5 Å². The molecule has 0 heterocycles. The van der Waals surface area contributed by atoms with Gasteiger partial charge in [-0.15, -0.1) is 0 Å². The van der Waals surface area contributed by atoms with Gasteiger partial charge in [-0.25, -0.2) is 0 Å². The van der Waals surface area contributed by atoms with Gasteiger partial charge >= 0.3 is 0 Å². The van der Waals surface area contributed by atoms with E-state index in [4.69, 9.17) is 0 Å². The number of nitrogens with zero attached hydrogens (tertiary/aromatic N) is 2. The fourth-order valence-electron chi connectivity index (χ4n) is 1.89. The summed E-state index contributed by atoms with van der Waals surface area (Å²) < 4.78 is 0. The lowest BCUT2D eigenvalue weighted by Gasteiger charge is -2.18. The van der Waals surface area contributed by atoms with E-state index in [2.05, 4.69) is 10.6 Å². The Morgan fingerprint density at radius 1 is 0.773 bits per heavy atom. The third-order valence-corrected chi connectivity index (χ3v) is 2.92. The van der Waals surface area contributed by atoms with Crippen molar-refractivity contribution in [3.05, 3.63) is 68.8 Å². The first kappa shape index (κ1) is 15.2. The standard InChI is InChI=1S/C14H14N4O4/c1-10(15-11-2-6-13(7-3-11)17(19)20)16-12-4-8-14(9-5-12)18(21)22/h2-10,15-16H,1H3. The fourth-order valence-corrected chi connectivity index (χ4v) is 1.89. The molecule has 8 nitrogen and oxygen atoms in total. The fraction of sp³-hybridized carbons (Fsp3) is 0.143. The number of hydrogen-bond donors (Lipinski definition) is 2. The van der Waals surface area contributed by atoms with E-state index in [0.29, 0.717) is 0 Å². The molecule has 2 aromatic carbocycles. The summed E-state index contributed by atoms with van der Waals surface area (Å²) in [5, 5.41) is 27.4. The van der Waals surface area contributed by atoms with Crippen LogP contribution in [0.25, 0.3) is 0 Å². The Morgan fingerprint density at radius 2 is 1.09 bits per heavy atom. The Kier molecular flexibility index (Phi) is 4.52. The van der Waals surface area contributed by atoms with Crippen LogP contribution < -0.4 is 10.6 Å². The predicted octanol–water partition coefficient (Wildman–Crippen LogP) is 3.37. The quantitative estimate of drug-likeness (QED) is 0.481. The van der Waals surface area contributed by atoms with Crippen molar-refractivity contribution in [1.82, 2.24) is 0 Å². The molecule has 2 rings (SSSR count). The number of nitrogens with one attached hydrogen (secondary N) is 2. The van der Waals surface area contributed by atoms with E-state index >= 15 is 0 Å². The summed E-state index contributed by atoms with van der Waals surface area (Å²) in [5.74, 6) is 0. The van der Waals surface area contributed by atoms with Crippen LogP contribution in [0, 0.1) is 20.2 Å². The molecule has 0 aliphatic rings. The summed E-state index contributed by atoms with van der Waals surface area (Å²) >= 11 is 0. The van der Waals surface area contributed by atoms with Gasteiger partial charge in [-0.05, 0) is 31.2 Å². The zero-order chi connectivity index (χ0) is 16.1. The van der Waals surface area contributed by atoms with Crippen LogP contribution in [0.15, 0.2) is 48.5 Å². The Hall–Kier alpha value is -3.16. The minimum Gasteiger partial charge on any atom is -0.366 e. The first-order chi connectivity index (χ1) is 10.5. The Morgan fingerprint density at radius 3 is 1.36 bits per heavy atom. The minimum absolute atomic E-state index is 0.0292. The van der Waals surface area contributed by atoms with Crippen molar-refractivity contribution in [3.63, 3.8) is 0 Å². The van der Waals surface area contributed by atoms with Crippen LogP contribution in [-0.2, 0) is 0 Å². The summed E-state index contributed by atoms with van der Waals surface area (Å²) in [4.78, 5) is 20.2. The molecule has 0 bridgehead atoms. The lowest BCUT2D eigenvalue weighted by molar-refractivity contribution is -0.385. The van der Waals surface area contributed by atoms with E-state index in [0.717, 1.165) is 11.4 Å². The van der Waals surface area contributed by atoms with Crippen LogP contribution >= 0.6 is 0 Å². The second-order valence-corrected chi connectivity index (χ2v) is 4.62. The number of non-ortho nitro benzene ring substituents is 2. The first-order valence-electron chi connectivity index (χ1n) is 6.47.